The lowest BCUT2D eigenvalue weighted by atomic mass is 9.87. The van der Waals surface area contributed by atoms with Crippen molar-refractivity contribution in [3.8, 4) is 0 Å². The molecule has 118 valence electrons. The van der Waals surface area contributed by atoms with Crippen LogP contribution in [0.5, 0.6) is 0 Å². The van der Waals surface area contributed by atoms with Gasteiger partial charge in [-0.15, -0.1) is 11.3 Å². The molecule has 1 N–H and O–H groups in total. The molecular formula is C18H17BrN2OS. The average molecular weight is 389 g/mol. The third-order valence-corrected chi connectivity index (χ3v) is 5.36. The van der Waals surface area contributed by atoms with Gasteiger partial charge < -0.3 is 5.32 Å². The molecule has 23 heavy (non-hydrogen) atoms. The van der Waals surface area contributed by atoms with E-state index in [-0.39, 0.29) is 5.91 Å². The highest BCUT2D eigenvalue weighted by Crippen LogP contribution is 2.31. The molecule has 0 aliphatic rings. The number of anilines is 1. The number of benzene rings is 1. The lowest BCUT2D eigenvalue weighted by Crippen LogP contribution is -2.32. The first kappa shape index (κ1) is 16.1. The number of fused-ring (bicyclic) bond motifs is 1. The Labute approximate surface area is 147 Å². The van der Waals surface area contributed by atoms with E-state index in [9.17, 15) is 4.79 Å². The highest BCUT2D eigenvalue weighted by molar-refractivity contribution is 9.11. The molecule has 0 bridgehead atoms. The summed E-state index contributed by atoms with van der Waals surface area (Å²) in [6.07, 6.45) is 2.44. The number of halogens is 1. The van der Waals surface area contributed by atoms with Crippen molar-refractivity contribution in [3.05, 3.63) is 57.3 Å². The largest absolute Gasteiger partial charge is 0.324 e. The van der Waals surface area contributed by atoms with Crippen LogP contribution < -0.4 is 5.32 Å². The van der Waals surface area contributed by atoms with Crippen LogP contribution in [0.4, 0.5) is 5.69 Å². The Kier molecular flexibility index (Phi) is 4.50. The normalized spacial score (nSPS) is 11.6. The summed E-state index contributed by atoms with van der Waals surface area (Å²) >= 11 is 5.13. The third-order valence-electron chi connectivity index (χ3n) is 3.74. The first-order valence-corrected chi connectivity index (χ1v) is 8.96. The lowest BCUT2D eigenvalue weighted by molar-refractivity contribution is -0.123. The van der Waals surface area contributed by atoms with Gasteiger partial charge in [0, 0.05) is 21.9 Å². The van der Waals surface area contributed by atoms with E-state index in [4.69, 9.17) is 0 Å². The van der Waals surface area contributed by atoms with Gasteiger partial charge in [-0.05, 0) is 46.6 Å². The van der Waals surface area contributed by atoms with Gasteiger partial charge in [0.2, 0.25) is 5.91 Å². The summed E-state index contributed by atoms with van der Waals surface area (Å²) < 4.78 is 1.09. The third kappa shape index (κ3) is 3.62. The number of nitrogens with zero attached hydrogens (tertiary/aromatic N) is 1. The molecule has 0 atom stereocenters. The number of para-hydroxylation sites is 1. The van der Waals surface area contributed by atoms with Gasteiger partial charge in [-0.25, -0.2) is 0 Å². The number of pyridine rings is 1. The van der Waals surface area contributed by atoms with Crippen molar-refractivity contribution >= 4 is 49.8 Å². The summed E-state index contributed by atoms with van der Waals surface area (Å²) in [6.45, 7) is 3.93. The smallest absolute Gasteiger partial charge is 0.230 e. The predicted molar refractivity (Wildman–Crippen MR) is 99.9 cm³/mol. The van der Waals surface area contributed by atoms with Crippen molar-refractivity contribution in [1.82, 2.24) is 4.98 Å². The molecule has 0 saturated heterocycles. The van der Waals surface area contributed by atoms with Crippen LogP contribution in [0.3, 0.4) is 0 Å². The van der Waals surface area contributed by atoms with Crippen LogP contribution in [0.1, 0.15) is 18.7 Å². The number of rotatable bonds is 4. The van der Waals surface area contributed by atoms with Crippen LogP contribution in [-0.4, -0.2) is 10.9 Å². The number of carbonyl (C=O) groups excluding carboxylic acids is 1. The van der Waals surface area contributed by atoms with Gasteiger partial charge in [0.25, 0.3) is 0 Å². The maximum Gasteiger partial charge on any atom is 0.230 e. The molecule has 3 aromatic rings. The van der Waals surface area contributed by atoms with Crippen LogP contribution in [0.15, 0.2) is 52.4 Å². The monoisotopic (exact) mass is 388 g/mol. The number of hydrogen-bond donors (Lipinski definition) is 1. The highest BCUT2D eigenvalue weighted by atomic mass is 79.9. The molecule has 1 aromatic carbocycles. The molecule has 0 fully saturated rings. The second-order valence-electron chi connectivity index (χ2n) is 6.10. The minimum absolute atomic E-state index is 0.000163. The van der Waals surface area contributed by atoms with Crippen molar-refractivity contribution in [2.24, 2.45) is 5.41 Å². The number of hydrogen-bond acceptors (Lipinski definition) is 3. The molecule has 0 aliphatic heterocycles. The van der Waals surface area contributed by atoms with E-state index in [1.54, 1.807) is 17.5 Å². The van der Waals surface area contributed by atoms with Gasteiger partial charge in [-0.3, -0.25) is 9.78 Å². The zero-order valence-corrected chi connectivity index (χ0v) is 15.4. The fraction of sp³-hybridized carbons (Fsp3) is 0.222. The standard InChI is InChI=1S/C18H17BrN2OS/c1-18(2,11-13-8-9-15(19)23-13)17(22)21-14-7-3-5-12-6-4-10-20-16(12)14/h3-10H,11H2,1-2H3,(H,21,22). The summed E-state index contributed by atoms with van der Waals surface area (Å²) in [5.74, 6) is 0.000163. The van der Waals surface area contributed by atoms with E-state index in [2.05, 4.69) is 32.3 Å². The summed E-state index contributed by atoms with van der Waals surface area (Å²) in [6, 6.07) is 13.8. The lowest BCUT2D eigenvalue weighted by Gasteiger charge is -2.23. The Morgan fingerprint density at radius 2 is 2.00 bits per heavy atom. The number of amides is 1. The zero-order chi connectivity index (χ0) is 16.4. The Morgan fingerprint density at radius 3 is 2.74 bits per heavy atom. The van der Waals surface area contributed by atoms with Crippen LogP contribution in [0, 0.1) is 5.41 Å². The summed E-state index contributed by atoms with van der Waals surface area (Å²) in [7, 11) is 0. The zero-order valence-electron chi connectivity index (χ0n) is 13.0. The second-order valence-corrected chi connectivity index (χ2v) is 8.65. The minimum atomic E-state index is -0.499. The van der Waals surface area contributed by atoms with Crippen LogP contribution in [-0.2, 0) is 11.2 Å². The molecule has 1 amide bonds. The minimum Gasteiger partial charge on any atom is -0.324 e. The fourth-order valence-corrected chi connectivity index (χ4v) is 4.17. The topological polar surface area (TPSA) is 42.0 Å². The van der Waals surface area contributed by atoms with Crippen LogP contribution in [0.25, 0.3) is 10.9 Å². The van der Waals surface area contributed by atoms with E-state index >= 15 is 0 Å². The van der Waals surface area contributed by atoms with Gasteiger partial charge in [0.05, 0.1) is 15.0 Å². The molecule has 0 spiro atoms. The van der Waals surface area contributed by atoms with E-state index in [0.717, 1.165) is 20.4 Å². The van der Waals surface area contributed by atoms with Gasteiger partial charge in [0.15, 0.2) is 0 Å². The van der Waals surface area contributed by atoms with Crippen molar-refractivity contribution in [2.45, 2.75) is 20.3 Å². The molecule has 0 unspecified atom stereocenters. The van der Waals surface area contributed by atoms with Gasteiger partial charge >= 0.3 is 0 Å². The van der Waals surface area contributed by atoms with E-state index in [1.165, 1.54) is 4.88 Å². The molecule has 0 saturated carbocycles. The van der Waals surface area contributed by atoms with E-state index in [1.807, 2.05) is 50.2 Å². The molecule has 2 heterocycles. The fourth-order valence-electron chi connectivity index (χ4n) is 2.46. The van der Waals surface area contributed by atoms with E-state index < -0.39 is 5.41 Å². The molecule has 5 heteroatoms. The SMILES string of the molecule is CC(C)(Cc1ccc(Br)s1)C(=O)Nc1cccc2cccnc12. The van der Waals surface area contributed by atoms with Crippen LogP contribution in [0.2, 0.25) is 0 Å². The maximum absolute atomic E-state index is 12.7. The van der Waals surface area contributed by atoms with Crippen molar-refractivity contribution in [1.29, 1.82) is 0 Å². The molecule has 3 rings (SSSR count). The number of carbonyl (C=O) groups is 1. The Morgan fingerprint density at radius 1 is 1.22 bits per heavy atom. The predicted octanol–water partition coefficient (Wildman–Crippen LogP) is 5.27. The summed E-state index contributed by atoms with van der Waals surface area (Å²) in [5, 5.41) is 4.06. The Balaban J connectivity index is 1.82. The Hall–Kier alpha value is -1.72. The Bertz CT molecular complexity index is 852. The molecule has 3 nitrogen and oxygen atoms in total. The van der Waals surface area contributed by atoms with Crippen molar-refractivity contribution < 1.29 is 4.79 Å². The van der Waals surface area contributed by atoms with Crippen molar-refractivity contribution in [2.75, 3.05) is 5.32 Å². The van der Waals surface area contributed by atoms with Gasteiger partial charge in [-0.1, -0.05) is 32.0 Å². The molecule has 0 radical (unpaired) electrons. The quantitative estimate of drug-likeness (QED) is 0.661. The van der Waals surface area contributed by atoms with Crippen LogP contribution >= 0.6 is 27.3 Å². The highest BCUT2D eigenvalue weighted by Gasteiger charge is 2.29. The van der Waals surface area contributed by atoms with Crippen molar-refractivity contribution in [3.63, 3.8) is 0 Å². The van der Waals surface area contributed by atoms with Gasteiger partial charge in [-0.2, -0.15) is 0 Å². The molecule has 2 aromatic heterocycles. The average Bonchev–Trinajstić information content (AvgIpc) is 2.92. The number of aromatic nitrogens is 1. The maximum atomic E-state index is 12.7. The number of nitrogens with one attached hydrogen (secondary N) is 1. The second kappa shape index (κ2) is 6.42. The number of thiophene rings is 1. The first-order valence-electron chi connectivity index (χ1n) is 7.35. The summed E-state index contributed by atoms with van der Waals surface area (Å²) in [5.41, 5.74) is 1.08. The van der Waals surface area contributed by atoms with Gasteiger partial charge in [0.1, 0.15) is 0 Å². The molecule has 0 aliphatic carbocycles. The first-order chi connectivity index (χ1) is 11.0. The van der Waals surface area contributed by atoms with E-state index in [0.29, 0.717) is 6.42 Å². The molecular weight excluding hydrogens is 372 g/mol. The summed E-state index contributed by atoms with van der Waals surface area (Å²) in [4.78, 5) is 18.3.